The van der Waals surface area contributed by atoms with Gasteiger partial charge < -0.3 is 9.80 Å². The fraction of sp³-hybridized carbons (Fsp3) is 0.364. The number of likely N-dealkylation sites (N-methyl/N-ethyl adjacent to an activating group) is 1. The van der Waals surface area contributed by atoms with Crippen LogP contribution in [0.1, 0.15) is 24.0 Å². The van der Waals surface area contributed by atoms with Gasteiger partial charge in [0, 0.05) is 20.0 Å². The van der Waals surface area contributed by atoms with Crippen molar-refractivity contribution in [2.24, 2.45) is 0 Å². The zero-order chi connectivity index (χ0) is 18.4. The molecule has 0 bridgehead atoms. The standard InChI is InChI=1S/C22H26N2O2/c1-23-17-21(25)24(15-9-8-12-18-10-4-2-5-11-18)20(22(23)26)16-19-13-6-3-7-14-19/h2-7,10-11,13-14,20H,8-9,12,15-17H2,1H3/t20-/m0/s1. The smallest absolute Gasteiger partial charge is 0.245 e. The Morgan fingerprint density at radius 1 is 0.885 bits per heavy atom. The molecule has 4 nitrogen and oxygen atoms in total. The molecule has 136 valence electrons. The summed E-state index contributed by atoms with van der Waals surface area (Å²) in [5.41, 5.74) is 2.40. The van der Waals surface area contributed by atoms with Crippen molar-refractivity contribution in [2.75, 3.05) is 20.1 Å². The summed E-state index contributed by atoms with van der Waals surface area (Å²) in [6.07, 6.45) is 3.49. The van der Waals surface area contributed by atoms with Gasteiger partial charge in [-0.15, -0.1) is 0 Å². The van der Waals surface area contributed by atoms with E-state index in [1.54, 1.807) is 16.8 Å². The van der Waals surface area contributed by atoms with Crippen molar-refractivity contribution in [2.45, 2.75) is 31.7 Å². The maximum atomic E-state index is 12.7. The Labute approximate surface area is 155 Å². The molecule has 0 radical (unpaired) electrons. The quantitative estimate of drug-likeness (QED) is 0.721. The van der Waals surface area contributed by atoms with E-state index >= 15 is 0 Å². The van der Waals surface area contributed by atoms with E-state index in [2.05, 4.69) is 12.1 Å². The van der Waals surface area contributed by atoms with Gasteiger partial charge in [-0.2, -0.15) is 0 Å². The Kier molecular flexibility index (Phi) is 6.05. The van der Waals surface area contributed by atoms with Crippen molar-refractivity contribution < 1.29 is 9.59 Å². The summed E-state index contributed by atoms with van der Waals surface area (Å²) in [6, 6.07) is 19.9. The molecule has 0 saturated carbocycles. The Morgan fingerprint density at radius 3 is 2.15 bits per heavy atom. The van der Waals surface area contributed by atoms with Gasteiger partial charge in [0.15, 0.2) is 0 Å². The van der Waals surface area contributed by atoms with Crippen LogP contribution in [0.5, 0.6) is 0 Å². The van der Waals surface area contributed by atoms with Gasteiger partial charge in [-0.3, -0.25) is 9.59 Å². The lowest BCUT2D eigenvalue weighted by Gasteiger charge is -2.39. The summed E-state index contributed by atoms with van der Waals surface area (Å²) in [4.78, 5) is 28.6. The van der Waals surface area contributed by atoms with E-state index in [9.17, 15) is 9.59 Å². The van der Waals surface area contributed by atoms with Gasteiger partial charge in [0.25, 0.3) is 0 Å². The number of aryl methyl sites for hydroxylation is 1. The van der Waals surface area contributed by atoms with Crippen molar-refractivity contribution >= 4 is 11.8 Å². The minimum absolute atomic E-state index is 0.0384. The third-order valence-electron chi connectivity index (χ3n) is 4.96. The molecule has 0 aliphatic carbocycles. The van der Waals surface area contributed by atoms with Gasteiger partial charge in [-0.05, 0) is 30.4 Å². The highest BCUT2D eigenvalue weighted by atomic mass is 16.2. The second-order valence-electron chi connectivity index (χ2n) is 6.93. The minimum Gasteiger partial charge on any atom is -0.335 e. The summed E-state index contributed by atoms with van der Waals surface area (Å²) in [5, 5.41) is 0. The van der Waals surface area contributed by atoms with E-state index in [4.69, 9.17) is 0 Å². The van der Waals surface area contributed by atoms with Crippen molar-refractivity contribution in [3.05, 3.63) is 71.8 Å². The summed E-state index contributed by atoms with van der Waals surface area (Å²) in [5.74, 6) is 0.0873. The Balaban J connectivity index is 1.61. The third-order valence-corrected chi connectivity index (χ3v) is 4.96. The van der Waals surface area contributed by atoms with E-state index in [0.717, 1.165) is 24.8 Å². The fourth-order valence-corrected chi connectivity index (χ4v) is 3.50. The Morgan fingerprint density at radius 2 is 1.50 bits per heavy atom. The Bertz CT molecular complexity index is 730. The van der Waals surface area contributed by atoms with Gasteiger partial charge in [-0.1, -0.05) is 60.7 Å². The van der Waals surface area contributed by atoms with Gasteiger partial charge in [0.05, 0.1) is 6.54 Å². The highest BCUT2D eigenvalue weighted by molar-refractivity contribution is 5.94. The van der Waals surface area contributed by atoms with Gasteiger partial charge in [0.1, 0.15) is 6.04 Å². The molecule has 1 saturated heterocycles. The molecular formula is C22H26N2O2. The van der Waals surface area contributed by atoms with Crippen molar-refractivity contribution in [1.29, 1.82) is 0 Å². The molecule has 2 aromatic carbocycles. The molecule has 2 aromatic rings. The lowest BCUT2D eigenvalue weighted by Crippen LogP contribution is -2.59. The van der Waals surface area contributed by atoms with E-state index in [1.165, 1.54) is 5.56 Å². The number of piperazine rings is 1. The van der Waals surface area contributed by atoms with E-state index in [1.807, 2.05) is 48.5 Å². The predicted octanol–water partition coefficient (Wildman–Crippen LogP) is 2.92. The topological polar surface area (TPSA) is 40.6 Å². The number of carbonyl (C=O) groups excluding carboxylic acids is 2. The molecular weight excluding hydrogens is 324 g/mol. The monoisotopic (exact) mass is 350 g/mol. The van der Waals surface area contributed by atoms with Crippen LogP contribution in [0.2, 0.25) is 0 Å². The zero-order valence-electron chi connectivity index (χ0n) is 15.3. The first-order valence-electron chi connectivity index (χ1n) is 9.27. The summed E-state index contributed by atoms with van der Waals surface area (Å²) < 4.78 is 0. The van der Waals surface area contributed by atoms with Crippen LogP contribution in [-0.2, 0) is 22.4 Å². The number of carbonyl (C=O) groups is 2. The zero-order valence-corrected chi connectivity index (χ0v) is 15.3. The SMILES string of the molecule is CN1CC(=O)N(CCCCc2ccccc2)[C@@H](Cc2ccccc2)C1=O. The number of amides is 2. The van der Waals surface area contributed by atoms with Crippen LogP contribution >= 0.6 is 0 Å². The second-order valence-corrected chi connectivity index (χ2v) is 6.93. The largest absolute Gasteiger partial charge is 0.335 e. The number of benzene rings is 2. The van der Waals surface area contributed by atoms with Crippen molar-refractivity contribution in [3.63, 3.8) is 0 Å². The number of hydrogen-bond donors (Lipinski definition) is 0. The number of unbranched alkanes of at least 4 members (excludes halogenated alkanes) is 1. The molecule has 1 aliphatic heterocycles. The molecule has 1 atom stereocenters. The van der Waals surface area contributed by atoms with E-state index in [-0.39, 0.29) is 24.4 Å². The first-order valence-corrected chi connectivity index (χ1v) is 9.27. The molecule has 0 N–H and O–H groups in total. The van der Waals surface area contributed by atoms with Crippen molar-refractivity contribution in [1.82, 2.24) is 9.80 Å². The van der Waals surface area contributed by atoms with Crippen LogP contribution in [0.25, 0.3) is 0 Å². The maximum absolute atomic E-state index is 12.7. The molecule has 0 unspecified atom stereocenters. The molecule has 26 heavy (non-hydrogen) atoms. The van der Waals surface area contributed by atoms with Crippen LogP contribution in [0, 0.1) is 0 Å². The predicted molar refractivity (Wildman–Crippen MR) is 103 cm³/mol. The number of hydrogen-bond acceptors (Lipinski definition) is 2. The van der Waals surface area contributed by atoms with E-state index in [0.29, 0.717) is 13.0 Å². The second kappa shape index (κ2) is 8.65. The lowest BCUT2D eigenvalue weighted by molar-refractivity contribution is -0.154. The lowest BCUT2D eigenvalue weighted by atomic mass is 10.0. The molecule has 1 heterocycles. The molecule has 1 fully saturated rings. The fourth-order valence-electron chi connectivity index (χ4n) is 3.50. The summed E-state index contributed by atoms with van der Waals surface area (Å²) in [6.45, 7) is 0.825. The number of rotatable bonds is 7. The molecule has 2 amide bonds. The van der Waals surface area contributed by atoms with Crippen LogP contribution in [0.15, 0.2) is 60.7 Å². The van der Waals surface area contributed by atoms with Crippen LogP contribution in [0.4, 0.5) is 0 Å². The average Bonchev–Trinajstić information content (AvgIpc) is 2.66. The molecule has 0 aromatic heterocycles. The molecule has 3 rings (SSSR count). The Hall–Kier alpha value is -2.62. The highest BCUT2D eigenvalue weighted by Gasteiger charge is 2.37. The highest BCUT2D eigenvalue weighted by Crippen LogP contribution is 2.18. The first kappa shape index (κ1) is 18.2. The van der Waals surface area contributed by atoms with Gasteiger partial charge >= 0.3 is 0 Å². The third kappa shape index (κ3) is 4.51. The normalized spacial score (nSPS) is 17.7. The molecule has 1 aliphatic rings. The summed E-state index contributed by atoms with van der Waals surface area (Å²) >= 11 is 0. The van der Waals surface area contributed by atoms with Crippen molar-refractivity contribution in [3.8, 4) is 0 Å². The van der Waals surface area contributed by atoms with Crippen LogP contribution in [-0.4, -0.2) is 47.8 Å². The van der Waals surface area contributed by atoms with Gasteiger partial charge in [0.2, 0.25) is 11.8 Å². The van der Waals surface area contributed by atoms with Crippen LogP contribution < -0.4 is 0 Å². The van der Waals surface area contributed by atoms with E-state index < -0.39 is 0 Å². The van der Waals surface area contributed by atoms with Gasteiger partial charge in [-0.25, -0.2) is 0 Å². The minimum atomic E-state index is -0.389. The molecule has 4 heteroatoms. The first-order chi connectivity index (χ1) is 12.6. The number of nitrogens with zero attached hydrogens (tertiary/aromatic N) is 2. The average molecular weight is 350 g/mol. The summed E-state index contributed by atoms with van der Waals surface area (Å²) in [7, 11) is 1.71. The maximum Gasteiger partial charge on any atom is 0.245 e. The van der Waals surface area contributed by atoms with Crippen LogP contribution in [0.3, 0.4) is 0 Å². The molecule has 0 spiro atoms.